The first-order valence-corrected chi connectivity index (χ1v) is 7.43. The summed E-state index contributed by atoms with van der Waals surface area (Å²) in [6, 6.07) is 3.78. The second kappa shape index (κ2) is 5.07. The minimum absolute atomic E-state index is 0.172. The molecule has 1 unspecified atom stereocenters. The summed E-state index contributed by atoms with van der Waals surface area (Å²) in [7, 11) is 0. The van der Waals surface area contributed by atoms with Crippen molar-refractivity contribution in [1.82, 2.24) is 10.3 Å². The van der Waals surface area contributed by atoms with Gasteiger partial charge in [-0.3, -0.25) is 0 Å². The molecule has 102 valence electrons. The number of furan rings is 1. The van der Waals surface area contributed by atoms with Crippen molar-refractivity contribution in [2.45, 2.75) is 31.8 Å². The van der Waals surface area contributed by atoms with Crippen molar-refractivity contribution in [3.05, 3.63) is 29.5 Å². The van der Waals surface area contributed by atoms with Crippen LogP contribution in [0.3, 0.4) is 0 Å². The van der Waals surface area contributed by atoms with Gasteiger partial charge in [-0.25, -0.2) is 4.98 Å². The molecule has 0 spiro atoms. The molecule has 0 aromatic carbocycles. The maximum Gasteiger partial charge on any atom is 0.162 e. The second-order valence-corrected chi connectivity index (χ2v) is 6.18. The topological polar surface area (TPSA) is 58.3 Å². The van der Waals surface area contributed by atoms with Gasteiger partial charge >= 0.3 is 0 Å². The first kappa shape index (κ1) is 12.8. The number of thiazole rings is 1. The molecule has 3 rings (SSSR count). The predicted molar refractivity (Wildman–Crippen MR) is 74.9 cm³/mol. The number of aliphatic hydroxyl groups excluding tert-OH is 1. The Bertz CT molecular complexity index is 533. The van der Waals surface area contributed by atoms with E-state index in [0.717, 1.165) is 16.5 Å². The van der Waals surface area contributed by atoms with E-state index in [-0.39, 0.29) is 12.1 Å². The third-order valence-corrected chi connectivity index (χ3v) is 4.67. The highest BCUT2D eigenvalue weighted by atomic mass is 32.1. The minimum atomic E-state index is -0.172. The number of aromatic nitrogens is 1. The summed E-state index contributed by atoms with van der Waals surface area (Å²) in [6.45, 7) is 2.95. The lowest BCUT2D eigenvalue weighted by molar-refractivity contribution is 0.153. The standard InChI is InChI=1S/C14H18N2O2S/c1-14(9-17,10-4-5-10)15-7-11-8-19-13(16-11)12-3-2-6-18-12/h2-3,6,8,10,15,17H,4-5,7,9H2,1H3. The summed E-state index contributed by atoms with van der Waals surface area (Å²) in [5, 5.41) is 15.9. The van der Waals surface area contributed by atoms with Crippen molar-refractivity contribution in [2.75, 3.05) is 6.61 Å². The van der Waals surface area contributed by atoms with Crippen LogP contribution in [0.2, 0.25) is 0 Å². The maximum atomic E-state index is 9.53. The molecule has 1 saturated carbocycles. The van der Waals surface area contributed by atoms with E-state index in [0.29, 0.717) is 12.5 Å². The van der Waals surface area contributed by atoms with E-state index in [4.69, 9.17) is 4.42 Å². The van der Waals surface area contributed by atoms with Gasteiger partial charge in [-0.2, -0.15) is 0 Å². The van der Waals surface area contributed by atoms with Gasteiger partial charge in [0.15, 0.2) is 10.8 Å². The van der Waals surface area contributed by atoms with Crippen LogP contribution in [0, 0.1) is 5.92 Å². The third kappa shape index (κ3) is 2.73. The number of aliphatic hydroxyl groups is 1. The molecular formula is C14H18N2O2S. The van der Waals surface area contributed by atoms with E-state index in [1.807, 2.05) is 17.5 Å². The maximum absolute atomic E-state index is 9.53. The highest BCUT2D eigenvalue weighted by Gasteiger charge is 2.40. The summed E-state index contributed by atoms with van der Waals surface area (Å²) in [5.41, 5.74) is 0.825. The Morgan fingerprint density at radius 2 is 2.42 bits per heavy atom. The van der Waals surface area contributed by atoms with Crippen LogP contribution < -0.4 is 5.32 Å². The summed E-state index contributed by atoms with van der Waals surface area (Å²) < 4.78 is 5.34. The monoisotopic (exact) mass is 278 g/mol. The van der Waals surface area contributed by atoms with Crippen molar-refractivity contribution in [3.8, 4) is 10.8 Å². The van der Waals surface area contributed by atoms with Crippen LogP contribution in [-0.4, -0.2) is 22.2 Å². The van der Waals surface area contributed by atoms with Gasteiger partial charge < -0.3 is 14.8 Å². The van der Waals surface area contributed by atoms with E-state index in [2.05, 4.69) is 17.2 Å². The SMILES string of the molecule is CC(CO)(NCc1csc(-c2ccco2)n1)C1CC1. The molecule has 0 amide bonds. The van der Waals surface area contributed by atoms with E-state index in [9.17, 15) is 5.11 Å². The predicted octanol–water partition coefficient (Wildman–Crippen LogP) is 2.65. The Hall–Kier alpha value is -1.17. The summed E-state index contributed by atoms with van der Waals surface area (Å²) in [5.74, 6) is 1.41. The molecule has 1 atom stereocenters. The van der Waals surface area contributed by atoms with Crippen LogP contribution >= 0.6 is 11.3 Å². The highest BCUT2D eigenvalue weighted by Crippen LogP contribution is 2.39. The lowest BCUT2D eigenvalue weighted by Crippen LogP contribution is -2.47. The van der Waals surface area contributed by atoms with Crippen molar-refractivity contribution in [3.63, 3.8) is 0 Å². The van der Waals surface area contributed by atoms with Gasteiger partial charge in [-0.15, -0.1) is 11.3 Å². The highest BCUT2D eigenvalue weighted by molar-refractivity contribution is 7.13. The van der Waals surface area contributed by atoms with Crippen LogP contribution in [0.25, 0.3) is 10.8 Å². The van der Waals surface area contributed by atoms with Gasteiger partial charge in [0, 0.05) is 17.5 Å². The summed E-state index contributed by atoms with van der Waals surface area (Å²) in [4.78, 5) is 4.55. The quantitative estimate of drug-likeness (QED) is 0.853. The van der Waals surface area contributed by atoms with Gasteiger partial charge in [0.25, 0.3) is 0 Å². The summed E-state index contributed by atoms with van der Waals surface area (Å²) in [6.07, 6.45) is 4.07. The van der Waals surface area contributed by atoms with Crippen molar-refractivity contribution >= 4 is 11.3 Å². The molecule has 4 nitrogen and oxygen atoms in total. The Balaban J connectivity index is 1.64. The number of hydrogen-bond acceptors (Lipinski definition) is 5. The van der Waals surface area contributed by atoms with Crippen LogP contribution in [0.15, 0.2) is 28.2 Å². The molecule has 2 heterocycles. The Morgan fingerprint density at radius 3 is 3.05 bits per heavy atom. The molecule has 1 aliphatic carbocycles. The zero-order chi connectivity index (χ0) is 13.3. The van der Waals surface area contributed by atoms with Gasteiger partial charge in [-0.05, 0) is 37.8 Å². The number of hydrogen-bond donors (Lipinski definition) is 2. The van der Waals surface area contributed by atoms with E-state index in [1.165, 1.54) is 12.8 Å². The zero-order valence-electron chi connectivity index (χ0n) is 10.9. The molecule has 1 aliphatic rings. The van der Waals surface area contributed by atoms with Crippen LogP contribution in [0.4, 0.5) is 0 Å². The van der Waals surface area contributed by atoms with Gasteiger partial charge in [0.2, 0.25) is 0 Å². The molecule has 2 aromatic rings. The van der Waals surface area contributed by atoms with Gasteiger partial charge in [0.1, 0.15) is 0 Å². The minimum Gasteiger partial charge on any atom is -0.462 e. The molecule has 2 N–H and O–H groups in total. The van der Waals surface area contributed by atoms with Gasteiger partial charge in [-0.1, -0.05) is 0 Å². The molecule has 0 aliphatic heterocycles. The van der Waals surface area contributed by atoms with Crippen LogP contribution in [0.1, 0.15) is 25.5 Å². The number of nitrogens with zero attached hydrogens (tertiary/aromatic N) is 1. The smallest absolute Gasteiger partial charge is 0.162 e. The largest absolute Gasteiger partial charge is 0.462 e. The van der Waals surface area contributed by atoms with Crippen molar-refractivity contribution < 1.29 is 9.52 Å². The number of rotatable bonds is 6. The number of nitrogens with one attached hydrogen (secondary N) is 1. The van der Waals surface area contributed by atoms with Crippen molar-refractivity contribution in [2.24, 2.45) is 5.92 Å². The van der Waals surface area contributed by atoms with Crippen LogP contribution in [-0.2, 0) is 6.54 Å². The molecule has 0 saturated heterocycles. The van der Waals surface area contributed by atoms with E-state index in [1.54, 1.807) is 17.6 Å². The average Bonchev–Trinajstić information content (AvgIpc) is 2.96. The van der Waals surface area contributed by atoms with E-state index < -0.39 is 0 Å². The molecule has 19 heavy (non-hydrogen) atoms. The first-order valence-electron chi connectivity index (χ1n) is 6.55. The molecule has 0 radical (unpaired) electrons. The lowest BCUT2D eigenvalue weighted by atomic mass is 9.97. The Morgan fingerprint density at radius 1 is 1.58 bits per heavy atom. The van der Waals surface area contributed by atoms with Gasteiger partial charge in [0.05, 0.1) is 18.6 Å². The fraction of sp³-hybridized carbons (Fsp3) is 0.500. The lowest BCUT2D eigenvalue weighted by Gasteiger charge is -2.28. The third-order valence-electron chi connectivity index (χ3n) is 3.76. The molecule has 0 bridgehead atoms. The fourth-order valence-corrected chi connectivity index (χ4v) is 3.03. The molecule has 1 fully saturated rings. The molecular weight excluding hydrogens is 260 g/mol. The second-order valence-electron chi connectivity index (χ2n) is 5.32. The molecule has 2 aromatic heterocycles. The average molecular weight is 278 g/mol. The normalized spacial score (nSPS) is 18.4. The van der Waals surface area contributed by atoms with Crippen molar-refractivity contribution in [1.29, 1.82) is 0 Å². The summed E-state index contributed by atoms with van der Waals surface area (Å²) >= 11 is 1.58. The van der Waals surface area contributed by atoms with E-state index >= 15 is 0 Å². The Kier molecular flexibility index (Phi) is 3.43. The molecule has 5 heteroatoms. The Labute approximate surface area is 116 Å². The van der Waals surface area contributed by atoms with Crippen LogP contribution in [0.5, 0.6) is 0 Å². The first-order chi connectivity index (χ1) is 9.21. The fourth-order valence-electron chi connectivity index (χ4n) is 2.24. The zero-order valence-corrected chi connectivity index (χ0v) is 11.7.